The molecule has 0 radical (unpaired) electrons. The lowest BCUT2D eigenvalue weighted by molar-refractivity contribution is -0.131. The molecule has 0 unspecified atom stereocenters. The zero-order valence-corrected chi connectivity index (χ0v) is 6.00. The van der Waals surface area contributed by atoms with E-state index in [1.165, 1.54) is 5.01 Å². The van der Waals surface area contributed by atoms with E-state index in [0.717, 1.165) is 6.08 Å². The molecule has 11 heavy (non-hydrogen) atoms. The van der Waals surface area contributed by atoms with Crippen LogP contribution >= 0.6 is 0 Å². The second kappa shape index (κ2) is 2.61. The van der Waals surface area contributed by atoms with Crippen molar-refractivity contribution in [3.8, 4) is 0 Å². The van der Waals surface area contributed by atoms with Gasteiger partial charge in [0.2, 0.25) is 5.91 Å². The number of carboxylic acids is 1. The van der Waals surface area contributed by atoms with Gasteiger partial charge in [0.05, 0.1) is 6.42 Å². The van der Waals surface area contributed by atoms with Crippen molar-refractivity contribution in [3.63, 3.8) is 0 Å². The topological polar surface area (TPSA) is 69.6 Å². The Hall–Kier alpha value is -1.52. The van der Waals surface area contributed by atoms with E-state index in [-0.39, 0.29) is 12.3 Å². The van der Waals surface area contributed by atoms with Crippen LogP contribution in [0.4, 0.5) is 0 Å². The maximum Gasteiger partial charge on any atom is 0.330 e. The molecule has 0 bridgehead atoms. The zero-order valence-electron chi connectivity index (χ0n) is 6.00. The second-order valence-corrected chi connectivity index (χ2v) is 2.25. The average molecular weight is 156 g/mol. The van der Waals surface area contributed by atoms with E-state index in [0.29, 0.717) is 5.70 Å². The highest BCUT2D eigenvalue weighted by molar-refractivity contribution is 5.86. The lowest BCUT2D eigenvalue weighted by Gasteiger charge is -2.06. The number of aliphatic carboxylic acids is 1. The van der Waals surface area contributed by atoms with Crippen molar-refractivity contribution < 1.29 is 14.7 Å². The van der Waals surface area contributed by atoms with Gasteiger partial charge >= 0.3 is 5.97 Å². The number of hydrazine groups is 1. The molecule has 1 rings (SSSR count). The molecule has 1 saturated heterocycles. The van der Waals surface area contributed by atoms with Gasteiger partial charge in [-0.15, -0.1) is 0 Å². The number of amides is 1. The second-order valence-electron chi connectivity index (χ2n) is 2.25. The van der Waals surface area contributed by atoms with Crippen LogP contribution in [0.15, 0.2) is 11.8 Å². The summed E-state index contributed by atoms with van der Waals surface area (Å²) in [6.45, 7) is 0. The van der Waals surface area contributed by atoms with Gasteiger partial charge < -0.3 is 5.11 Å². The Bertz CT molecular complexity index is 234. The molecular formula is C6H8N2O3. The van der Waals surface area contributed by atoms with Crippen molar-refractivity contribution in [1.82, 2.24) is 10.4 Å². The summed E-state index contributed by atoms with van der Waals surface area (Å²) in [5.41, 5.74) is 3.02. The smallest absolute Gasteiger partial charge is 0.330 e. The standard InChI is InChI=1S/C6H8N2O3/c1-8-5(9)2-4(7-8)3-6(10)11/h3,7H,2H2,1H3,(H,10,11). The van der Waals surface area contributed by atoms with Crippen LogP contribution in [0, 0.1) is 0 Å². The molecule has 0 aliphatic carbocycles. The third-order valence-corrected chi connectivity index (χ3v) is 1.32. The van der Waals surface area contributed by atoms with Crippen molar-refractivity contribution in [2.75, 3.05) is 7.05 Å². The molecule has 0 spiro atoms. The molecule has 0 aromatic carbocycles. The van der Waals surface area contributed by atoms with E-state index in [9.17, 15) is 9.59 Å². The molecule has 1 aliphatic heterocycles. The molecule has 0 aromatic rings. The van der Waals surface area contributed by atoms with Crippen LogP contribution in [0.25, 0.3) is 0 Å². The number of nitrogens with one attached hydrogen (secondary N) is 1. The molecule has 2 N–H and O–H groups in total. The number of carbonyl (C=O) groups excluding carboxylic acids is 1. The van der Waals surface area contributed by atoms with Gasteiger partial charge in [-0.05, 0) is 0 Å². The Morgan fingerprint density at radius 3 is 2.82 bits per heavy atom. The Kier molecular flexibility index (Phi) is 1.80. The summed E-state index contributed by atoms with van der Waals surface area (Å²) in [4.78, 5) is 20.9. The molecule has 0 saturated carbocycles. The first-order valence-corrected chi connectivity index (χ1v) is 3.06. The minimum Gasteiger partial charge on any atom is -0.478 e. The fourth-order valence-corrected chi connectivity index (χ4v) is 0.831. The van der Waals surface area contributed by atoms with Gasteiger partial charge in [-0.2, -0.15) is 0 Å². The highest BCUT2D eigenvalue weighted by Crippen LogP contribution is 2.07. The predicted molar refractivity (Wildman–Crippen MR) is 36.2 cm³/mol. The molecule has 5 heteroatoms. The molecule has 1 aliphatic rings. The summed E-state index contributed by atoms with van der Waals surface area (Å²) >= 11 is 0. The Balaban J connectivity index is 2.67. The highest BCUT2D eigenvalue weighted by atomic mass is 16.4. The van der Waals surface area contributed by atoms with E-state index in [2.05, 4.69) is 5.43 Å². The van der Waals surface area contributed by atoms with Gasteiger partial charge in [-0.1, -0.05) is 0 Å². The van der Waals surface area contributed by atoms with Gasteiger partial charge in [0.1, 0.15) is 0 Å². The molecule has 60 valence electrons. The lowest BCUT2D eigenvalue weighted by atomic mass is 10.3. The molecule has 5 nitrogen and oxygen atoms in total. The molecule has 1 amide bonds. The summed E-state index contributed by atoms with van der Waals surface area (Å²) in [7, 11) is 1.55. The fourth-order valence-electron chi connectivity index (χ4n) is 0.831. The summed E-state index contributed by atoms with van der Waals surface area (Å²) in [6, 6.07) is 0. The van der Waals surface area contributed by atoms with E-state index in [1.54, 1.807) is 7.05 Å². The van der Waals surface area contributed by atoms with Crippen molar-refractivity contribution in [1.29, 1.82) is 0 Å². The summed E-state index contributed by atoms with van der Waals surface area (Å²) in [5.74, 6) is -1.17. The van der Waals surface area contributed by atoms with Crippen LogP contribution in [0.2, 0.25) is 0 Å². The molecule has 1 fully saturated rings. The van der Waals surface area contributed by atoms with Crippen LogP contribution in [0.3, 0.4) is 0 Å². The van der Waals surface area contributed by atoms with Crippen LogP contribution in [0.5, 0.6) is 0 Å². The largest absolute Gasteiger partial charge is 0.478 e. The number of rotatable bonds is 1. The minimum atomic E-state index is -1.05. The monoisotopic (exact) mass is 156 g/mol. The third kappa shape index (κ3) is 1.70. The number of hydrogen-bond acceptors (Lipinski definition) is 3. The third-order valence-electron chi connectivity index (χ3n) is 1.32. The molecule has 1 heterocycles. The van der Waals surface area contributed by atoms with Gasteiger partial charge in [0.25, 0.3) is 0 Å². The van der Waals surface area contributed by atoms with E-state index in [4.69, 9.17) is 5.11 Å². The normalized spacial score (nSPS) is 20.6. The van der Waals surface area contributed by atoms with Crippen molar-refractivity contribution in [3.05, 3.63) is 11.8 Å². The summed E-state index contributed by atoms with van der Waals surface area (Å²) < 4.78 is 0. The number of hydrogen-bond donors (Lipinski definition) is 2. The first-order chi connectivity index (χ1) is 5.09. The maximum atomic E-state index is 10.8. The Morgan fingerprint density at radius 2 is 2.45 bits per heavy atom. The van der Waals surface area contributed by atoms with Crippen molar-refractivity contribution >= 4 is 11.9 Å². The first-order valence-electron chi connectivity index (χ1n) is 3.06. The summed E-state index contributed by atoms with van der Waals surface area (Å²) in [5, 5.41) is 9.56. The first kappa shape index (κ1) is 7.59. The number of nitrogens with zero attached hydrogens (tertiary/aromatic N) is 1. The molecular weight excluding hydrogens is 148 g/mol. The quantitative estimate of drug-likeness (QED) is 0.493. The van der Waals surface area contributed by atoms with Crippen LogP contribution in [0.1, 0.15) is 6.42 Å². The summed E-state index contributed by atoms with van der Waals surface area (Å²) in [6.07, 6.45) is 1.13. The average Bonchev–Trinajstić information content (AvgIpc) is 2.10. The lowest BCUT2D eigenvalue weighted by Crippen LogP contribution is -2.28. The molecule has 0 atom stereocenters. The van der Waals surface area contributed by atoms with Gasteiger partial charge in [-0.25, -0.2) is 4.79 Å². The van der Waals surface area contributed by atoms with Gasteiger partial charge in [-0.3, -0.25) is 15.2 Å². The van der Waals surface area contributed by atoms with Crippen LogP contribution < -0.4 is 5.43 Å². The fraction of sp³-hybridized carbons (Fsp3) is 0.333. The highest BCUT2D eigenvalue weighted by Gasteiger charge is 2.20. The van der Waals surface area contributed by atoms with E-state index >= 15 is 0 Å². The maximum absolute atomic E-state index is 10.8. The predicted octanol–water partition coefficient (Wildman–Crippen LogP) is -0.678. The van der Waals surface area contributed by atoms with Gasteiger partial charge in [0.15, 0.2) is 0 Å². The Morgan fingerprint density at radius 1 is 1.82 bits per heavy atom. The van der Waals surface area contributed by atoms with Crippen molar-refractivity contribution in [2.24, 2.45) is 0 Å². The zero-order chi connectivity index (χ0) is 8.43. The van der Waals surface area contributed by atoms with Crippen molar-refractivity contribution in [2.45, 2.75) is 6.42 Å². The number of carbonyl (C=O) groups is 2. The van der Waals surface area contributed by atoms with E-state index < -0.39 is 5.97 Å². The minimum absolute atomic E-state index is 0.127. The van der Waals surface area contributed by atoms with Crippen LogP contribution in [-0.4, -0.2) is 29.0 Å². The van der Waals surface area contributed by atoms with Gasteiger partial charge in [0, 0.05) is 18.8 Å². The Labute approximate surface area is 63.3 Å². The van der Waals surface area contributed by atoms with Crippen LogP contribution in [-0.2, 0) is 9.59 Å². The molecule has 0 aromatic heterocycles. The number of carboxylic acid groups (broad SMARTS) is 1. The SMILES string of the molecule is CN1NC(=CC(=O)O)CC1=O. The van der Waals surface area contributed by atoms with E-state index in [1.807, 2.05) is 0 Å².